The third-order valence-electron chi connectivity index (χ3n) is 13.9. The van der Waals surface area contributed by atoms with Gasteiger partial charge in [-0.15, -0.1) is 0 Å². The fraction of sp³-hybridized carbons (Fsp3) is 0.333. The Morgan fingerprint density at radius 1 is 0.187 bits per heavy atom. The number of aryl methyl sites for hydroxylation is 20. The van der Waals surface area contributed by atoms with E-state index in [0.29, 0.717) is 0 Å². The van der Waals surface area contributed by atoms with Crippen molar-refractivity contribution in [1.82, 2.24) is 0 Å². The Hall–Kier alpha value is -6.50. The standard InChI is InChI=1S/2C14H16.C10H14.4C8H10.C3H8.C2H6/c1-9-5-13-7-11(3)12(4)8-14(13)6-10(9)2;1-9-5-6-11(3)14-12(4)8-7-10(2)13(9)14;1-7-5-9(3)10(4)6-8(7)2;4*1-7-5-3-4-6-8(7)2;1-3-2;1-2/h2*5-8H,1-4H3;5-6H,1-4H3;4*3-6H,1-2H3;3H2,1-2H3;1-2H3. The first-order valence-electron chi connectivity index (χ1n) is 27.5. The molecule has 0 atom stereocenters. The number of rotatable bonds is 0. The zero-order valence-corrected chi connectivity index (χ0v) is 51.7. The molecule has 0 unspecified atom stereocenters. The van der Waals surface area contributed by atoms with Crippen LogP contribution in [0.25, 0.3) is 21.5 Å². The summed E-state index contributed by atoms with van der Waals surface area (Å²) in [5.41, 5.74) is 27.5. The second-order valence-electron chi connectivity index (χ2n) is 20.4. The molecule has 0 aliphatic heterocycles. The van der Waals surface area contributed by atoms with Crippen LogP contribution in [0.5, 0.6) is 0 Å². The van der Waals surface area contributed by atoms with Crippen LogP contribution in [0.2, 0.25) is 0 Å². The Labute approximate surface area is 460 Å². The topological polar surface area (TPSA) is 0 Å². The van der Waals surface area contributed by atoms with Gasteiger partial charge in [0.2, 0.25) is 0 Å². The highest BCUT2D eigenvalue weighted by Crippen LogP contribution is 2.28. The van der Waals surface area contributed by atoms with Crippen LogP contribution < -0.4 is 0 Å². The van der Waals surface area contributed by atoms with E-state index in [1.807, 2.05) is 13.8 Å². The Morgan fingerprint density at radius 3 is 0.453 bits per heavy atom. The Balaban J connectivity index is 0.000000437. The summed E-state index contributed by atoms with van der Waals surface area (Å²) >= 11 is 0. The van der Waals surface area contributed by atoms with Crippen molar-refractivity contribution in [2.24, 2.45) is 0 Å². The van der Waals surface area contributed by atoms with Crippen LogP contribution >= 0.6 is 0 Å². The first-order chi connectivity index (χ1) is 35.4. The van der Waals surface area contributed by atoms with E-state index in [1.165, 1.54) is 139 Å². The maximum Gasteiger partial charge on any atom is -0.0120 e. The molecule has 9 aromatic carbocycles. The number of hydrogen-bond acceptors (Lipinski definition) is 0. The van der Waals surface area contributed by atoms with Gasteiger partial charge in [-0.1, -0.05) is 192 Å². The third-order valence-corrected chi connectivity index (χ3v) is 13.9. The predicted octanol–water partition coefficient (Wildman–Crippen LogP) is 22.7. The van der Waals surface area contributed by atoms with Crippen LogP contribution in [0, 0.1) is 138 Å². The number of fused-ring (bicyclic) bond motifs is 2. The van der Waals surface area contributed by atoms with Crippen LogP contribution in [0.3, 0.4) is 0 Å². The van der Waals surface area contributed by atoms with Gasteiger partial charge in [-0.25, -0.2) is 0 Å². The van der Waals surface area contributed by atoms with Crippen LogP contribution in [0.4, 0.5) is 0 Å². The summed E-state index contributed by atoms with van der Waals surface area (Å²) < 4.78 is 0. The highest BCUT2D eigenvalue weighted by molar-refractivity contribution is 5.93. The molecule has 0 heterocycles. The van der Waals surface area contributed by atoms with Crippen LogP contribution in [0.15, 0.2) is 158 Å². The monoisotopic (exact) mass is 1000 g/mol. The van der Waals surface area contributed by atoms with Gasteiger partial charge < -0.3 is 0 Å². The largest absolute Gasteiger partial charge is 0.0683 e. The van der Waals surface area contributed by atoms with Crippen molar-refractivity contribution in [3.8, 4) is 0 Å². The lowest BCUT2D eigenvalue weighted by molar-refractivity contribution is 1.09. The average molecular weight is 1000 g/mol. The maximum absolute atomic E-state index is 2.27. The van der Waals surface area contributed by atoms with Gasteiger partial charge in [-0.2, -0.15) is 0 Å². The summed E-state index contributed by atoms with van der Waals surface area (Å²) in [5.74, 6) is 0. The zero-order valence-electron chi connectivity index (χ0n) is 51.7. The van der Waals surface area contributed by atoms with Crippen LogP contribution in [-0.4, -0.2) is 0 Å². The van der Waals surface area contributed by atoms with Gasteiger partial charge in [0, 0.05) is 0 Å². The molecule has 0 nitrogen and oxygen atoms in total. The molecule has 0 saturated heterocycles. The molecule has 0 saturated carbocycles. The Bertz CT molecular complexity index is 2610. The fourth-order valence-corrected chi connectivity index (χ4v) is 7.80. The van der Waals surface area contributed by atoms with Gasteiger partial charge in [0.15, 0.2) is 0 Å². The summed E-state index contributed by atoms with van der Waals surface area (Å²) in [5, 5.41) is 5.59. The molecule has 0 heteroatoms. The van der Waals surface area contributed by atoms with Crippen molar-refractivity contribution in [3.05, 3.63) is 269 Å². The lowest BCUT2D eigenvalue weighted by atomic mass is 9.94. The van der Waals surface area contributed by atoms with Crippen molar-refractivity contribution in [3.63, 3.8) is 0 Å². The summed E-state index contributed by atoms with van der Waals surface area (Å²) in [6, 6.07) is 55.9. The summed E-state index contributed by atoms with van der Waals surface area (Å²) in [4.78, 5) is 0. The highest BCUT2D eigenvalue weighted by atomic mass is 14.1. The molecular weight excluding hydrogens is 901 g/mol. The number of benzene rings is 9. The lowest BCUT2D eigenvalue weighted by Gasteiger charge is -2.11. The molecule has 75 heavy (non-hydrogen) atoms. The molecule has 0 fully saturated rings. The third kappa shape index (κ3) is 23.3. The fourth-order valence-electron chi connectivity index (χ4n) is 7.80. The Kier molecular flexibility index (Phi) is 30.9. The van der Waals surface area contributed by atoms with E-state index < -0.39 is 0 Å². The van der Waals surface area contributed by atoms with E-state index in [1.54, 1.807) is 0 Å². The van der Waals surface area contributed by atoms with Gasteiger partial charge in [0.05, 0.1) is 0 Å². The van der Waals surface area contributed by atoms with Crippen molar-refractivity contribution >= 4 is 21.5 Å². The molecule has 0 radical (unpaired) electrons. The van der Waals surface area contributed by atoms with Crippen LogP contribution in [0.1, 0.15) is 145 Å². The normalized spacial score (nSPS) is 9.65. The van der Waals surface area contributed by atoms with Gasteiger partial charge in [-0.3, -0.25) is 0 Å². The first-order valence-corrected chi connectivity index (χ1v) is 27.5. The molecular formula is C75H100. The van der Waals surface area contributed by atoms with E-state index in [-0.39, 0.29) is 0 Å². The molecule has 0 spiro atoms. The molecule has 400 valence electrons. The minimum absolute atomic E-state index is 1.25. The Morgan fingerprint density at radius 2 is 0.320 bits per heavy atom. The molecule has 0 N–H and O–H groups in total. The van der Waals surface area contributed by atoms with E-state index in [9.17, 15) is 0 Å². The van der Waals surface area contributed by atoms with Crippen LogP contribution in [-0.2, 0) is 0 Å². The quantitative estimate of drug-likeness (QED) is 0.142. The van der Waals surface area contributed by atoms with Gasteiger partial charge >= 0.3 is 0 Å². The first kappa shape index (κ1) is 66.5. The van der Waals surface area contributed by atoms with Crippen molar-refractivity contribution in [2.75, 3.05) is 0 Å². The lowest BCUT2D eigenvalue weighted by Crippen LogP contribution is -1.89. The second-order valence-corrected chi connectivity index (χ2v) is 20.4. The summed E-state index contributed by atoms with van der Waals surface area (Å²) in [6.07, 6.45) is 1.25. The van der Waals surface area contributed by atoms with Gasteiger partial charge in [0.1, 0.15) is 0 Å². The van der Waals surface area contributed by atoms with Crippen molar-refractivity contribution in [1.29, 1.82) is 0 Å². The smallest absolute Gasteiger partial charge is 0.0120 e. The van der Waals surface area contributed by atoms with E-state index in [4.69, 9.17) is 0 Å². The molecule has 9 aromatic rings. The van der Waals surface area contributed by atoms with Crippen molar-refractivity contribution < 1.29 is 0 Å². The van der Waals surface area contributed by atoms with Gasteiger partial charge in [-0.05, 0) is 271 Å². The SMILES string of the molecule is CC.CCC.Cc1cc(C)c(C)cc1C.Cc1cc2cc(C)c(C)cc2cc1C.Cc1ccc(C)c2c(C)ccc(C)c12.Cc1ccccc1C.Cc1ccccc1C.Cc1ccccc1C.Cc1ccccc1C. The highest BCUT2D eigenvalue weighted by Gasteiger charge is 2.06. The summed E-state index contributed by atoms with van der Waals surface area (Å²) in [7, 11) is 0. The van der Waals surface area contributed by atoms with Gasteiger partial charge in [0.25, 0.3) is 0 Å². The molecule has 0 bridgehead atoms. The molecule has 9 rings (SSSR count). The van der Waals surface area contributed by atoms with E-state index >= 15 is 0 Å². The van der Waals surface area contributed by atoms with E-state index in [2.05, 4.69) is 310 Å². The number of hydrogen-bond donors (Lipinski definition) is 0. The average Bonchev–Trinajstić information content (AvgIpc) is 3.37. The molecule has 0 amide bonds. The minimum Gasteiger partial charge on any atom is -0.0683 e. The summed E-state index contributed by atoms with van der Waals surface area (Å²) in [6.45, 7) is 51.3. The molecule has 0 aromatic heterocycles. The zero-order chi connectivity index (χ0) is 56.9. The maximum atomic E-state index is 2.27. The molecule has 0 aliphatic rings. The predicted molar refractivity (Wildman–Crippen MR) is 342 cm³/mol. The minimum atomic E-state index is 1.25. The van der Waals surface area contributed by atoms with E-state index in [0.717, 1.165) is 0 Å². The van der Waals surface area contributed by atoms with Crippen molar-refractivity contribution in [2.45, 2.75) is 173 Å². The molecule has 0 aliphatic carbocycles. The second kappa shape index (κ2) is 34.9.